The van der Waals surface area contributed by atoms with Crippen molar-refractivity contribution in [2.24, 2.45) is 11.7 Å². The van der Waals surface area contributed by atoms with Crippen molar-refractivity contribution < 1.29 is 9.90 Å². The molecule has 2 atom stereocenters. The van der Waals surface area contributed by atoms with Gasteiger partial charge in [-0.15, -0.1) is 12.4 Å². The van der Waals surface area contributed by atoms with E-state index < -0.39 is 0 Å². The standard InChI is InChI=1S/C18H24N4O2.ClH/c1-12-8-13(2)22(20-12)16-5-3-4-14(9-16)18(24)21-10-15(6-7-23)17(19)11-21;/h3-5,8-9,15,17,23H,6-7,10-11,19H2,1-2H3;1H/t15-,17-;/m0./s1. The Hall–Kier alpha value is -1.89. The molecule has 2 heterocycles. The van der Waals surface area contributed by atoms with Gasteiger partial charge in [0.25, 0.3) is 5.91 Å². The van der Waals surface area contributed by atoms with Gasteiger partial charge < -0.3 is 15.7 Å². The van der Waals surface area contributed by atoms with E-state index in [4.69, 9.17) is 10.8 Å². The zero-order valence-corrected chi connectivity index (χ0v) is 15.4. The minimum Gasteiger partial charge on any atom is -0.396 e. The lowest BCUT2D eigenvalue weighted by Crippen LogP contribution is -2.32. The molecule has 0 saturated carbocycles. The molecule has 1 aromatic heterocycles. The number of carbonyl (C=O) groups is 1. The lowest BCUT2D eigenvalue weighted by atomic mass is 10.0. The third-order valence-corrected chi connectivity index (χ3v) is 4.63. The lowest BCUT2D eigenvalue weighted by Gasteiger charge is -2.17. The third-order valence-electron chi connectivity index (χ3n) is 4.63. The fourth-order valence-corrected chi connectivity index (χ4v) is 3.38. The van der Waals surface area contributed by atoms with Gasteiger partial charge in [0.15, 0.2) is 0 Å². The highest BCUT2D eigenvalue weighted by atomic mass is 35.5. The van der Waals surface area contributed by atoms with Crippen LogP contribution in [0.4, 0.5) is 0 Å². The summed E-state index contributed by atoms with van der Waals surface area (Å²) >= 11 is 0. The Morgan fingerprint density at radius 2 is 2.08 bits per heavy atom. The molecule has 0 radical (unpaired) electrons. The van der Waals surface area contributed by atoms with E-state index in [-0.39, 0.29) is 36.9 Å². The molecule has 0 unspecified atom stereocenters. The van der Waals surface area contributed by atoms with Crippen LogP contribution < -0.4 is 5.73 Å². The van der Waals surface area contributed by atoms with E-state index >= 15 is 0 Å². The number of carbonyl (C=O) groups excluding carboxylic acids is 1. The van der Waals surface area contributed by atoms with Crippen molar-refractivity contribution in [3.8, 4) is 5.69 Å². The number of aryl methyl sites for hydroxylation is 2. The molecule has 1 aliphatic heterocycles. The summed E-state index contributed by atoms with van der Waals surface area (Å²) < 4.78 is 1.84. The summed E-state index contributed by atoms with van der Waals surface area (Å²) in [5.74, 6) is 0.146. The van der Waals surface area contributed by atoms with Crippen molar-refractivity contribution in [1.29, 1.82) is 0 Å². The smallest absolute Gasteiger partial charge is 0.253 e. The number of benzene rings is 1. The predicted molar refractivity (Wildman–Crippen MR) is 99.4 cm³/mol. The molecule has 1 fully saturated rings. The summed E-state index contributed by atoms with van der Waals surface area (Å²) in [6.45, 7) is 5.19. The molecule has 1 aromatic carbocycles. The molecule has 6 nitrogen and oxygen atoms in total. The zero-order valence-electron chi connectivity index (χ0n) is 14.6. The zero-order chi connectivity index (χ0) is 17.3. The van der Waals surface area contributed by atoms with Crippen molar-refractivity contribution >= 4 is 18.3 Å². The van der Waals surface area contributed by atoms with Crippen LogP contribution >= 0.6 is 12.4 Å². The Morgan fingerprint density at radius 1 is 1.32 bits per heavy atom. The fraction of sp³-hybridized carbons (Fsp3) is 0.444. The summed E-state index contributed by atoms with van der Waals surface area (Å²) in [7, 11) is 0. The van der Waals surface area contributed by atoms with Gasteiger partial charge in [0.1, 0.15) is 0 Å². The highest BCUT2D eigenvalue weighted by molar-refractivity contribution is 5.95. The van der Waals surface area contributed by atoms with E-state index in [9.17, 15) is 4.79 Å². The van der Waals surface area contributed by atoms with Gasteiger partial charge in [-0.25, -0.2) is 4.68 Å². The van der Waals surface area contributed by atoms with Crippen molar-refractivity contribution in [1.82, 2.24) is 14.7 Å². The molecule has 0 spiro atoms. The molecular formula is C18H25ClN4O2. The maximum Gasteiger partial charge on any atom is 0.253 e. The van der Waals surface area contributed by atoms with Crippen LogP contribution in [0.5, 0.6) is 0 Å². The summed E-state index contributed by atoms with van der Waals surface area (Å²) in [5.41, 5.74) is 9.59. The van der Waals surface area contributed by atoms with Crippen molar-refractivity contribution in [2.75, 3.05) is 19.7 Å². The van der Waals surface area contributed by atoms with E-state index in [2.05, 4.69) is 5.10 Å². The van der Waals surface area contributed by atoms with Gasteiger partial charge in [-0.1, -0.05) is 6.07 Å². The van der Waals surface area contributed by atoms with Crippen LogP contribution in [0.15, 0.2) is 30.3 Å². The summed E-state index contributed by atoms with van der Waals surface area (Å²) in [4.78, 5) is 14.6. The first-order valence-corrected chi connectivity index (χ1v) is 8.29. The van der Waals surface area contributed by atoms with E-state index in [1.54, 1.807) is 4.90 Å². The number of halogens is 1. The number of aliphatic hydroxyl groups excluding tert-OH is 1. The molecule has 1 aliphatic rings. The number of hydrogen-bond donors (Lipinski definition) is 2. The maximum absolute atomic E-state index is 12.8. The van der Waals surface area contributed by atoms with E-state index in [1.165, 1.54) is 0 Å². The number of amides is 1. The monoisotopic (exact) mass is 364 g/mol. The van der Waals surface area contributed by atoms with Gasteiger partial charge in [-0.05, 0) is 50.5 Å². The summed E-state index contributed by atoms with van der Waals surface area (Å²) in [6, 6.07) is 9.45. The van der Waals surface area contributed by atoms with Crippen LogP contribution in [0.2, 0.25) is 0 Å². The van der Waals surface area contributed by atoms with Crippen molar-refractivity contribution in [3.05, 3.63) is 47.3 Å². The van der Waals surface area contributed by atoms with Crippen LogP contribution in [0.25, 0.3) is 5.69 Å². The number of rotatable bonds is 4. The highest BCUT2D eigenvalue weighted by Gasteiger charge is 2.32. The number of aromatic nitrogens is 2. The Labute approximate surface area is 154 Å². The number of likely N-dealkylation sites (tertiary alicyclic amines) is 1. The van der Waals surface area contributed by atoms with Gasteiger partial charge in [0.05, 0.1) is 11.4 Å². The topological polar surface area (TPSA) is 84.4 Å². The molecule has 136 valence electrons. The molecular weight excluding hydrogens is 340 g/mol. The molecule has 1 amide bonds. The molecule has 25 heavy (non-hydrogen) atoms. The first-order valence-electron chi connectivity index (χ1n) is 8.29. The second-order valence-corrected chi connectivity index (χ2v) is 6.54. The lowest BCUT2D eigenvalue weighted by molar-refractivity contribution is 0.0784. The minimum atomic E-state index is -0.0692. The third kappa shape index (κ3) is 4.03. The number of hydrogen-bond acceptors (Lipinski definition) is 4. The van der Waals surface area contributed by atoms with Crippen LogP contribution in [0.3, 0.4) is 0 Å². The Kier molecular flexibility index (Phi) is 6.21. The average Bonchev–Trinajstić information content (AvgIpc) is 3.09. The van der Waals surface area contributed by atoms with Crippen molar-refractivity contribution in [3.63, 3.8) is 0 Å². The first-order chi connectivity index (χ1) is 11.5. The van der Waals surface area contributed by atoms with Gasteiger partial charge in [0, 0.05) is 37.0 Å². The number of aliphatic hydroxyl groups is 1. The van der Waals surface area contributed by atoms with Gasteiger partial charge in [0.2, 0.25) is 0 Å². The fourth-order valence-electron chi connectivity index (χ4n) is 3.38. The molecule has 0 aliphatic carbocycles. The highest BCUT2D eigenvalue weighted by Crippen LogP contribution is 2.22. The van der Waals surface area contributed by atoms with E-state index in [0.717, 1.165) is 17.1 Å². The Balaban J connectivity index is 0.00000225. The number of nitrogens with zero attached hydrogens (tertiary/aromatic N) is 3. The van der Waals surface area contributed by atoms with Crippen LogP contribution in [-0.2, 0) is 0 Å². The van der Waals surface area contributed by atoms with Crippen LogP contribution in [-0.4, -0.2) is 51.4 Å². The number of nitrogens with two attached hydrogens (primary N) is 1. The molecule has 2 aromatic rings. The Morgan fingerprint density at radius 3 is 2.72 bits per heavy atom. The SMILES string of the molecule is Cc1cc(C)n(-c2cccc(C(=O)N3C[C@H](CCO)[C@@H](N)C3)c2)n1.Cl. The largest absolute Gasteiger partial charge is 0.396 e. The quantitative estimate of drug-likeness (QED) is 0.864. The maximum atomic E-state index is 12.8. The molecule has 1 saturated heterocycles. The summed E-state index contributed by atoms with van der Waals surface area (Å²) in [6.07, 6.45) is 0.636. The second-order valence-electron chi connectivity index (χ2n) is 6.54. The summed E-state index contributed by atoms with van der Waals surface area (Å²) in [5, 5.41) is 13.6. The van der Waals surface area contributed by atoms with Crippen LogP contribution in [0.1, 0.15) is 28.2 Å². The second kappa shape index (κ2) is 7.99. The first kappa shape index (κ1) is 19.4. The Bertz CT molecular complexity index is 746. The molecule has 3 N–H and O–H groups in total. The van der Waals surface area contributed by atoms with Gasteiger partial charge in [-0.3, -0.25) is 4.79 Å². The van der Waals surface area contributed by atoms with Crippen molar-refractivity contribution in [2.45, 2.75) is 26.3 Å². The average molecular weight is 365 g/mol. The van der Waals surface area contributed by atoms with Gasteiger partial charge in [-0.2, -0.15) is 5.10 Å². The van der Waals surface area contributed by atoms with Crippen LogP contribution in [0, 0.1) is 19.8 Å². The predicted octanol–water partition coefficient (Wildman–Crippen LogP) is 1.69. The molecule has 7 heteroatoms. The normalized spacial score (nSPS) is 19.8. The molecule has 0 bridgehead atoms. The molecule has 3 rings (SSSR count). The van der Waals surface area contributed by atoms with Gasteiger partial charge >= 0.3 is 0 Å². The van der Waals surface area contributed by atoms with E-state index in [1.807, 2.05) is 48.9 Å². The van der Waals surface area contributed by atoms with E-state index in [0.29, 0.717) is 25.1 Å². The minimum absolute atomic E-state index is 0.